The van der Waals surface area contributed by atoms with Crippen molar-refractivity contribution in [3.05, 3.63) is 30.2 Å². The number of benzene rings is 1. The van der Waals surface area contributed by atoms with Crippen molar-refractivity contribution in [1.82, 2.24) is 15.5 Å². The maximum Gasteiger partial charge on any atom is 0.249 e. The lowest BCUT2D eigenvalue weighted by molar-refractivity contribution is -0.128. The first-order valence-electron chi connectivity index (χ1n) is 10.1. The molecule has 0 spiro atoms. The molecule has 2 aliphatic rings. The number of nitrogens with one attached hydrogen (secondary N) is 1. The average Bonchev–Trinajstić information content (AvgIpc) is 3.18. The van der Waals surface area contributed by atoms with Crippen LogP contribution in [0.4, 0.5) is 0 Å². The molecule has 1 aromatic heterocycles. The summed E-state index contributed by atoms with van der Waals surface area (Å²) in [4.78, 5) is 17.3. The van der Waals surface area contributed by atoms with Crippen LogP contribution < -0.4 is 15.8 Å². The number of ether oxygens (including phenoxy) is 1. The topological polar surface area (TPSA) is 103 Å². The lowest BCUT2D eigenvalue weighted by atomic mass is 9.65. The Hall–Kier alpha value is -2.41. The summed E-state index contributed by atoms with van der Waals surface area (Å²) in [5.74, 6) is 2.65. The van der Waals surface area contributed by atoms with Crippen LogP contribution in [0.5, 0.6) is 5.75 Å². The van der Waals surface area contributed by atoms with Crippen LogP contribution in [0.3, 0.4) is 0 Å². The van der Waals surface area contributed by atoms with E-state index in [2.05, 4.69) is 15.5 Å². The Morgan fingerprint density at radius 2 is 2.07 bits per heavy atom. The van der Waals surface area contributed by atoms with Crippen molar-refractivity contribution >= 4 is 5.91 Å². The summed E-state index contributed by atoms with van der Waals surface area (Å²) in [7, 11) is 1.62. The van der Waals surface area contributed by atoms with E-state index in [-0.39, 0.29) is 23.9 Å². The van der Waals surface area contributed by atoms with Gasteiger partial charge in [-0.2, -0.15) is 4.98 Å². The van der Waals surface area contributed by atoms with Gasteiger partial charge >= 0.3 is 0 Å². The molecule has 2 fully saturated rings. The average molecular weight is 384 g/mol. The first-order chi connectivity index (χ1) is 13.5. The maximum atomic E-state index is 12.8. The molecule has 28 heavy (non-hydrogen) atoms. The van der Waals surface area contributed by atoms with Gasteiger partial charge in [0.1, 0.15) is 11.8 Å². The van der Waals surface area contributed by atoms with Crippen molar-refractivity contribution in [2.75, 3.05) is 7.11 Å². The summed E-state index contributed by atoms with van der Waals surface area (Å²) in [6.07, 6.45) is 5.29. The molecule has 3 unspecified atom stereocenters. The molecular formula is C21H28N4O3. The van der Waals surface area contributed by atoms with Crippen molar-refractivity contribution in [2.24, 2.45) is 23.5 Å². The third kappa shape index (κ3) is 3.76. The van der Waals surface area contributed by atoms with E-state index in [4.69, 9.17) is 15.0 Å². The lowest BCUT2D eigenvalue weighted by Gasteiger charge is -2.43. The van der Waals surface area contributed by atoms with Crippen LogP contribution in [-0.2, 0) is 4.79 Å². The van der Waals surface area contributed by atoms with Gasteiger partial charge in [0.15, 0.2) is 0 Å². The smallest absolute Gasteiger partial charge is 0.249 e. The van der Waals surface area contributed by atoms with Crippen LogP contribution in [0.1, 0.15) is 51.0 Å². The number of hydrogen-bond acceptors (Lipinski definition) is 6. The minimum Gasteiger partial charge on any atom is -0.497 e. The summed E-state index contributed by atoms with van der Waals surface area (Å²) in [6.45, 7) is 1.87. The Morgan fingerprint density at radius 1 is 1.32 bits per heavy atom. The van der Waals surface area contributed by atoms with E-state index in [0.29, 0.717) is 23.6 Å². The summed E-state index contributed by atoms with van der Waals surface area (Å²) >= 11 is 0. The van der Waals surface area contributed by atoms with Gasteiger partial charge in [-0.15, -0.1) is 0 Å². The van der Waals surface area contributed by atoms with E-state index in [1.807, 2.05) is 31.2 Å². The molecule has 3 N–H and O–H groups in total. The zero-order valence-electron chi connectivity index (χ0n) is 16.4. The summed E-state index contributed by atoms with van der Waals surface area (Å²) in [5.41, 5.74) is 7.15. The Kier molecular flexibility index (Phi) is 5.35. The van der Waals surface area contributed by atoms with Gasteiger partial charge in [0.25, 0.3) is 0 Å². The molecule has 2 aliphatic carbocycles. The zero-order chi connectivity index (χ0) is 19.7. The molecule has 150 valence electrons. The van der Waals surface area contributed by atoms with Crippen molar-refractivity contribution in [2.45, 2.75) is 51.1 Å². The molecule has 2 aromatic rings. The molecule has 3 atom stereocenters. The first-order valence-corrected chi connectivity index (χ1v) is 10.1. The number of carbonyl (C=O) groups excluding carboxylic acids is 1. The van der Waals surface area contributed by atoms with Gasteiger partial charge in [-0.05, 0) is 56.6 Å². The fourth-order valence-electron chi connectivity index (χ4n) is 4.69. The quantitative estimate of drug-likeness (QED) is 0.821. The Balaban J connectivity index is 1.40. The molecule has 0 aliphatic heterocycles. The monoisotopic (exact) mass is 384 g/mol. The lowest BCUT2D eigenvalue weighted by Crippen LogP contribution is -2.49. The number of methoxy groups -OCH3 is 1. The summed E-state index contributed by atoms with van der Waals surface area (Å²) in [5, 5.41) is 7.11. The minimum absolute atomic E-state index is 0.0262. The van der Waals surface area contributed by atoms with Crippen LogP contribution in [0.15, 0.2) is 28.8 Å². The van der Waals surface area contributed by atoms with Crippen molar-refractivity contribution in [3.63, 3.8) is 0 Å². The molecule has 7 heteroatoms. The molecule has 1 amide bonds. The molecule has 0 radical (unpaired) electrons. The second-order valence-corrected chi connectivity index (χ2v) is 8.12. The Morgan fingerprint density at radius 3 is 2.79 bits per heavy atom. The number of aromatic nitrogens is 2. The highest BCUT2D eigenvalue weighted by Crippen LogP contribution is 2.42. The van der Waals surface area contributed by atoms with Crippen molar-refractivity contribution in [1.29, 1.82) is 0 Å². The predicted octanol–water partition coefficient (Wildman–Crippen LogP) is 3.08. The first kappa shape index (κ1) is 18.9. The van der Waals surface area contributed by atoms with Crippen LogP contribution >= 0.6 is 0 Å². The van der Waals surface area contributed by atoms with Gasteiger partial charge in [-0.25, -0.2) is 0 Å². The van der Waals surface area contributed by atoms with Crippen LogP contribution in [0.25, 0.3) is 11.4 Å². The molecule has 0 saturated heterocycles. The van der Waals surface area contributed by atoms with Gasteiger partial charge < -0.3 is 20.3 Å². The number of nitrogens with zero attached hydrogens (tertiary/aromatic N) is 2. The molecule has 2 saturated carbocycles. The molecular weight excluding hydrogens is 356 g/mol. The SMILES string of the molecule is COc1cccc(-c2noc(C(C)NC(=O)C3CC4CCCC(C3)C4N)n2)c1. The summed E-state index contributed by atoms with van der Waals surface area (Å²) in [6, 6.07) is 7.40. The number of amides is 1. The Bertz CT molecular complexity index is 823. The minimum atomic E-state index is -0.338. The predicted molar refractivity (Wildman–Crippen MR) is 104 cm³/mol. The second kappa shape index (κ2) is 7.91. The van der Waals surface area contributed by atoms with E-state index in [0.717, 1.165) is 37.0 Å². The zero-order valence-corrected chi connectivity index (χ0v) is 16.4. The third-order valence-electron chi connectivity index (χ3n) is 6.28. The third-order valence-corrected chi connectivity index (χ3v) is 6.28. The maximum absolute atomic E-state index is 12.8. The summed E-state index contributed by atoms with van der Waals surface area (Å²) < 4.78 is 10.6. The highest BCUT2D eigenvalue weighted by atomic mass is 16.5. The van der Waals surface area contributed by atoms with Crippen LogP contribution in [0, 0.1) is 17.8 Å². The highest BCUT2D eigenvalue weighted by Gasteiger charge is 2.40. The molecule has 1 heterocycles. The highest BCUT2D eigenvalue weighted by molar-refractivity contribution is 5.79. The molecule has 4 rings (SSSR count). The number of fused-ring (bicyclic) bond motifs is 2. The van der Waals surface area contributed by atoms with Crippen molar-refractivity contribution < 1.29 is 14.1 Å². The van der Waals surface area contributed by atoms with Gasteiger partial charge in [-0.3, -0.25) is 4.79 Å². The van der Waals surface area contributed by atoms with E-state index < -0.39 is 0 Å². The second-order valence-electron chi connectivity index (χ2n) is 8.12. The van der Waals surface area contributed by atoms with Gasteiger partial charge in [0.2, 0.25) is 17.6 Å². The number of hydrogen-bond donors (Lipinski definition) is 2. The van der Waals surface area contributed by atoms with Gasteiger partial charge in [-0.1, -0.05) is 23.7 Å². The molecule has 1 aromatic carbocycles. The van der Waals surface area contributed by atoms with E-state index in [1.54, 1.807) is 7.11 Å². The van der Waals surface area contributed by atoms with Gasteiger partial charge in [0.05, 0.1) is 7.11 Å². The normalized spacial score (nSPS) is 27.8. The van der Waals surface area contributed by atoms with E-state index >= 15 is 0 Å². The largest absolute Gasteiger partial charge is 0.497 e. The number of nitrogens with two attached hydrogens (primary N) is 1. The van der Waals surface area contributed by atoms with Crippen molar-refractivity contribution in [3.8, 4) is 17.1 Å². The molecule has 7 nitrogen and oxygen atoms in total. The number of rotatable bonds is 5. The van der Waals surface area contributed by atoms with Crippen LogP contribution in [0.2, 0.25) is 0 Å². The van der Waals surface area contributed by atoms with Gasteiger partial charge in [0, 0.05) is 17.5 Å². The van der Waals surface area contributed by atoms with E-state index in [9.17, 15) is 4.79 Å². The van der Waals surface area contributed by atoms with Crippen LogP contribution in [-0.4, -0.2) is 29.2 Å². The number of carbonyl (C=O) groups is 1. The Labute approximate surface area is 165 Å². The molecule has 2 bridgehead atoms. The standard InChI is InChI=1S/C21H28N4O3/c1-12(21-24-19(25-28-21)15-7-4-8-17(11-15)27-2)23-20(26)16-9-13-5-3-6-14(10-16)18(13)22/h4,7-8,11-14,16,18H,3,5-6,9-10,22H2,1-2H3,(H,23,26). The fourth-order valence-corrected chi connectivity index (χ4v) is 4.69. The van der Waals surface area contributed by atoms with E-state index in [1.165, 1.54) is 6.42 Å². The fraction of sp³-hybridized carbons (Fsp3) is 0.571.